The molecule has 0 atom stereocenters. The first-order chi connectivity index (χ1) is 14.1. The molecule has 29 heavy (non-hydrogen) atoms. The SMILES string of the molecule is CCc1cc(C)cc(-c2ncc(-c3ccc(NC)cc3)[nH]2)c1.O=Cc1cscn1. The Morgan fingerprint density at radius 2 is 1.90 bits per heavy atom. The normalized spacial score (nSPS) is 10.2. The molecule has 148 valence electrons. The molecule has 2 aromatic heterocycles. The van der Waals surface area contributed by atoms with Crippen LogP contribution in [0.3, 0.4) is 0 Å². The summed E-state index contributed by atoms with van der Waals surface area (Å²) < 4.78 is 0. The predicted molar refractivity (Wildman–Crippen MR) is 121 cm³/mol. The van der Waals surface area contributed by atoms with Crippen molar-refractivity contribution in [3.8, 4) is 22.6 Å². The number of hydrogen-bond donors (Lipinski definition) is 2. The van der Waals surface area contributed by atoms with Crippen LogP contribution in [0.2, 0.25) is 0 Å². The van der Waals surface area contributed by atoms with Crippen molar-refractivity contribution in [3.63, 3.8) is 0 Å². The third kappa shape index (κ3) is 5.39. The molecular formula is C23H24N4OS. The zero-order chi connectivity index (χ0) is 20.6. The van der Waals surface area contributed by atoms with Gasteiger partial charge in [-0.05, 0) is 48.7 Å². The van der Waals surface area contributed by atoms with E-state index >= 15 is 0 Å². The Hall–Kier alpha value is -3.25. The van der Waals surface area contributed by atoms with Gasteiger partial charge in [0.15, 0.2) is 6.29 Å². The van der Waals surface area contributed by atoms with Crippen molar-refractivity contribution in [2.75, 3.05) is 12.4 Å². The maximum absolute atomic E-state index is 9.81. The summed E-state index contributed by atoms with van der Waals surface area (Å²) in [4.78, 5) is 21.5. The Balaban J connectivity index is 0.000000290. The van der Waals surface area contributed by atoms with E-state index in [1.165, 1.54) is 22.5 Å². The van der Waals surface area contributed by atoms with Crippen LogP contribution in [0.4, 0.5) is 5.69 Å². The number of carbonyl (C=O) groups excluding carboxylic acids is 1. The second kappa shape index (κ2) is 9.80. The van der Waals surface area contributed by atoms with Crippen LogP contribution < -0.4 is 5.32 Å². The number of aryl methyl sites for hydroxylation is 2. The molecule has 2 aromatic carbocycles. The lowest BCUT2D eigenvalue weighted by Gasteiger charge is -2.04. The monoisotopic (exact) mass is 404 g/mol. The topological polar surface area (TPSA) is 70.7 Å². The third-order valence-corrected chi connectivity index (χ3v) is 5.06. The quantitative estimate of drug-likeness (QED) is 0.424. The summed E-state index contributed by atoms with van der Waals surface area (Å²) in [6, 6.07) is 14.9. The van der Waals surface area contributed by atoms with Crippen LogP contribution >= 0.6 is 11.3 Å². The Morgan fingerprint density at radius 1 is 1.10 bits per heavy atom. The summed E-state index contributed by atoms with van der Waals surface area (Å²) in [5.41, 5.74) is 9.19. The summed E-state index contributed by atoms with van der Waals surface area (Å²) in [6.07, 6.45) is 3.67. The van der Waals surface area contributed by atoms with Gasteiger partial charge < -0.3 is 10.3 Å². The predicted octanol–water partition coefficient (Wildman–Crippen LogP) is 5.61. The van der Waals surface area contributed by atoms with E-state index in [1.807, 2.05) is 13.2 Å². The molecule has 5 nitrogen and oxygen atoms in total. The highest BCUT2D eigenvalue weighted by atomic mass is 32.1. The minimum Gasteiger partial charge on any atom is -0.388 e. The maximum Gasteiger partial charge on any atom is 0.169 e. The zero-order valence-electron chi connectivity index (χ0n) is 16.8. The fraction of sp³-hybridized carbons (Fsp3) is 0.174. The van der Waals surface area contributed by atoms with Crippen LogP contribution in [-0.4, -0.2) is 28.3 Å². The van der Waals surface area contributed by atoms with Crippen molar-refractivity contribution < 1.29 is 4.79 Å². The summed E-state index contributed by atoms with van der Waals surface area (Å²) in [5.74, 6) is 0.922. The second-order valence-corrected chi connectivity index (χ2v) is 7.28. The van der Waals surface area contributed by atoms with E-state index in [-0.39, 0.29) is 0 Å². The van der Waals surface area contributed by atoms with Gasteiger partial charge >= 0.3 is 0 Å². The van der Waals surface area contributed by atoms with Gasteiger partial charge in [-0.3, -0.25) is 4.79 Å². The highest BCUT2D eigenvalue weighted by Gasteiger charge is 2.07. The fourth-order valence-corrected chi connectivity index (χ4v) is 3.41. The molecule has 6 heteroatoms. The van der Waals surface area contributed by atoms with Crippen LogP contribution in [0.15, 0.2) is 59.6 Å². The average molecular weight is 405 g/mol. The van der Waals surface area contributed by atoms with E-state index in [1.54, 1.807) is 10.9 Å². The molecule has 2 heterocycles. The van der Waals surface area contributed by atoms with Crippen molar-refractivity contribution >= 4 is 23.3 Å². The van der Waals surface area contributed by atoms with E-state index in [4.69, 9.17) is 0 Å². The van der Waals surface area contributed by atoms with Crippen LogP contribution in [0.25, 0.3) is 22.6 Å². The van der Waals surface area contributed by atoms with E-state index in [0.29, 0.717) is 5.69 Å². The first-order valence-electron chi connectivity index (χ1n) is 9.40. The van der Waals surface area contributed by atoms with E-state index < -0.39 is 0 Å². The molecule has 0 bridgehead atoms. The number of benzene rings is 2. The molecule has 0 aliphatic heterocycles. The van der Waals surface area contributed by atoms with Crippen molar-refractivity contribution in [2.45, 2.75) is 20.3 Å². The third-order valence-electron chi connectivity index (χ3n) is 4.45. The molecule has 0 aliphatic rings. The van der Waals surface area contributed by atoms with Gasteiger partial charge in [-0.1, -0.05) is 30.7 Å². The van der Waals surface area contributed by atoms with Crippen LogP contribution in [0.5, 0.6) is 0 Å². The highest BCUT2D eigenvalue weighted by molar-refractivity contribution is 7.07. The summed E-state index contributed by atoms with van der Waals surface area (Å²) in [7, 11) is 1.92. The lowest BCUT2D eigenvalue weighted by Crippen LogP contribution is -1.88. The highest BCUT2D eigenvalue weighted by Crippen LogP contribution is 2.25. The number of anilines is 1. The molecule has 4 aromatic rings. The number of rotatable bonds is 5. The van der Waals surface area contributed by atoms with Gasteiger partial charge in [0, 0.05) is 23.7 Å². The zero-order valence-corrected chi connectivity index (χ0v) is 17.6. The molecule has 0 unspecified atom stereocenters. The first-order valence-corrected chi connectivity index (χ1v) is 10.3. The number of H-pyrrole nitrogens is 1. The van der Waals surface area contributed by atoms with Gasteiger partial charge in [-0.2, -0.15) is 0 Å². The van der Waals surface area contributed by atoms with Crippen LogP contribution in [-0.2, 0) is 6.42 Å². The van der Waals surface area contributed by atoms with Crippen molar-refractivity contribution in [1.82, 2.24) is 15.0 Å². The number of aromatic amines is 1. The maximum atomic E-state index is 9.81. The number of nitrogens with zero attached hydrogens (tertiary/aromatic N) is 2. The van der Waals surface area contributed by atoms with E-state index in [9.17, 15) is 4.79 Å². The number of imidazole rings is 1. The minimum absolute atomic E-state index is 0.519. The van der Waals surface area contributed by atoms with Gasteiger partial charge in [0.05, 0.1) is 17.4 Å². The standard InChI is InChI=1S/C19H21N3.C4H3NOS/c1-4-14-9-13(2)10-16(11-14)19-21-12-18(22-19)15-5-7-17(20-3)8-6-15;6-1-4-2-7-3-5-4/h5-12,20H,4H2,1-3H3,(H,21,22);1-3H. The van der Waals surface area contributed by atoms with E-state index in [2.05, 4.69) is 76.6 Å². The molecule has 0 aliphatic carbocycles. The van der Waals surface area contributed by atoms with Gasteiger partial charge in [0.25, 0.3) is 0 Å². The number of aromatic nitrogens is 3. The van der Waals surface area contributed by atoms with Gasteiger partial charge in [-0.25, -0.2) is 9.97 Å². The molecule has 0 spiro atoms. The second-order valence-electron chi connectivity index (χ2n) is 6.56. The molecule has 2 N–H and O–H groups in total. The number of carbonyl (C=O) groups is 1. The molecule has 0 amide bonds. The fourth-order valence-electron chi connectivity index (χ4n) is 2.91. The Labute approximate surface area is 174 Å². The molecule has 0 fully saturated rings. The van der Waals surface area contributed by atoms with Crippen LogP contribution in [0.1, 0.15) is 28.5 Å². The van der Waals surface area contributed by atoms with Gasteiger partial charge in [0.1, 0.15) is 11.5 Å². The Morgan fingerprint density at radius 3 is 2.48 bits per heavy atom. The molecular weight excluding hydrogens is 380 g/mol. The summed E-state index contributed by atoms with van der Waals surface area (Å²) in [5, 5.41) is 4.83. The summed E-state index contributed by atoms with van der Waals surface area (Å²) in [6.45, 7) is 4.30. The van der Waals surface area contributed by atoms with Crippen LogP contribution in [0, 0.1) is 6.92 Å². The van der Waals surface area contributed by atoms with E-state index in [0.717, 1.165) is 41.0 Å². The number of thiazole rings is 1. The Kier molecular flexibility index (Phi) is 6.92. The molecule has 4 rings (SSSR count). The number of aldehydes is 1. The Bertz CT molecular complexity index is 1050. The largest absolute Gasteiger partial charge is 0.388 e. The molecule has 0 radical (unpaired) electrons. The lowest BCUT2D eigenvalue weighted by molar-refractivity contribution is 0.111. The first kappa shape index (κ1) is 20.5. The smallest absolute Gasteiger partial charge is 0.169 e. The summed E-state index contributed by atoms with van der Waals surface area (Å²) >= 11 is 1.42. The molecule has 0 saturated carbocycles. The van der Waals surface area contributed by atoms with Gasteiger partial charge in [0.2, 0.25) is 0 Å². The van der Waals surface area contributed by atoms with Crippen molar-refractivity contribution in [2.24, 2.45) is 0 Å². The average Bonchev–Trinajstić information content (AvgIpc) is 3.46. The lowest BCUT2D eigenvalue weighted by atomic mass is 10.0. The van der Waals surface area contributed by atoms with Crippen molar-refractivity contribution in [1.29, 1.82) is 0 Å². The number of hydrogen-bond acceptors (Lipinski definition) is 5. The van der Waals surface area contributed by atoms with Crippen molar-refractivity contribution in [3.05, 3.63) is 76.4 Å². The minimum atomic E-state index is 0.519. The van der Waals surface area contributed by atoms with Gasteiger partial charge in [-0.15, -0.1) is 11.3 Å². The number of nitrogens with one attached hydrogen (secondary N) is 2. The molecule has 0 saturated heterocycles.